The number of alkyl halides is 3. The van der Waals surface area contributed by atoms with E-state index in [1.165, 1.54) is 16.7 Å². The van der Waals surface area contributed by atoms with Crippen LogP contribution < -0.4 is 4.90 Å². The number of ether oxygens (including phenoxy) is 1. The zero-order valence-corrected chi connectivity index (χ0v) is 14.2. The SMILES string of the molecule is Cc1ccc(COCC(Cl)(Cl)Cl)c(N2C(=N)SCC2=O)c1. The van der Waals surface area contributed by atoms with E-state index in [1.54, 1.807) is 0 Å². The van der Waals surface area contributed by atoms with E-state index in [9.17, 15) is 4.79 Å². The third-order valence-electron chi connectivity index (χ3n) is 2.79. The van der Waals surface area contributed by atoms with Crippen molar-refractivity contribution in [3.05, 3.63) is 29.3 Å². The molecular formula is C13H13Cl3N2O2S. The van der Waals surface area contributed by atoms with Gasteiger partial charge in [-0.15, -0.1) is 0 Å². The van der Waals surface area contributed by atoms with Gasteiger partial charge in [-0.25, -0.2) is 0 Å². The number of hydrogen-bond acceptors (Lipinski definition) is 4. The number of nitrogens with zero attached hydrogens (tertiary/aromatic N) is 1. The molecule has 0 unspecified atom stereocenters. The Hall–Kier alpha value is -0.460. The number of rotatable bonds is 4. The van der Waals surface area contributed by atoms with Gasteiger partial charge in [0.05, 0.1) is 24.7 Å². The van der Waals surface area contributed by atoms with Crippen LogP contribution in [-0.4, -0.2) is 27.2 Å². The van der Waals surface area contributed by atoms with Crippen LogP contribution in [0.2, 0.25) is 0 Å². The first kappa shape index (κ1) is 16.9. The van der Waals surface area contributed by atoms with E-state index in [1.807, 2.05) is 25.1 Å². The van der Waals surface area contributed by atoms with Gasteiger partial charge >= 0.3 is 0 Å². The summed E-state index contributed by atoms with van der Waals surface area (Å²) in [4.78, 5) is 13.3. The van der Waals surface area contributed by atoms with Crippen LogP contribution in [0.15, 0.2) is 18.2 Å². The maximum absolute atomic E-state index is 11.9. The number of carbonyl (C=O) groups excluding carboxylic acids is 1. The molecule has 0 saturated carbocycles. The average molecular weight is 368 g/mol. The molecule has 1 aromatic carbocycles. The zero-order chi connectivity index (χ0) is 15.6. The number of anilines is 1. The van der Waals surface area contributed by atoms with Crippen LogP contribution in [0.25, 0.3) is 0 Å². The number of nitrogens with one attached hydrogen (secondary N) is 1. The minimum Gasteiger partial charge on any atom is -0.372 e. The third kappa shape index (κ3) is 4.50. The summed E-state index contributed by atoms with van der Waals surface area (Å²) in [5.74, 6) is 0.166. The number of benzene rings is 1. The largest absolute Gasteiger partial charge is 0.372 e. The summed E-state index contributed by atoms with van der Waals surface area (Å²) in [5, 5.41) is 8.10. The van der Waals surface area contributed by atoms with Crippen LogP contribution in [-0.2, 0) is 16.1 Å². The molecule has 4 nitrogen and oxygen atoms in total. The number of aryl methyl sites for hydroxylation is 1. The first-order valence-corrected chi connectivity index (χ1v) is 8.18. The fraction of sp³-hybridized carbons (Fsp3) is 0.385. The van der Waals surface area contributed by atoms with Crippen molar-refractivity contribution in [2.75, 3.05) is 17.3 Å². The number of halogens is 3. The second-order valence-corrected chi connectivity index (χ2v) is 8.04. The normalized spacial score (nSPS) is 15.9. The fourth-order valence-electron chi connectivity index (χ4n) is 1.90. The first-order valence-electron chi connectivity index (χ1n) is 6.06. The van der Waals surface area contributed by atoms with Gasteiger partial charge in [-0.3, -0.25) is 15.1 Å². The third-order valence-corrected chi connectivity index (χ3v) is 3.96. The summed E-state index contributed by atoms with van der Waals surface area (Å²) in [6.07, 6.45) is 0. The molecule has 0 aromatic heterocycles. The van der Waals surface area contributed by atoms with Gasteiger partial charge in [0.2, 0.25) is 9.70 Å². The second-order valence-electron chi connectivity index (χ2n) is 4.56. The molecule has 0 radical (unpaired) electrons. The molecule has 1 aliphatic heterocycles. The summed E-state index contributed by atoms with van der Waals surface area (Å²) in [6, 6.07) is 5.62. The number of amides is 1. The van der Waals surface area contributed by atoms with Crippen molar-refractivity contribution < 1.29 is 9.53 Å². The molecule has 1 aromatic rings. The van der Waals surface area contributed by atoms with E-state index in [0.717, 1.165) is 11.1 Å². The summed E-state index contributed by atoms with van der Waals surface area (Å²) >= 11 is 18.1. The number of amidine groups is 1. The highest BCUT2D eigenvalue weighted by Crippen LogP contribution is 2.31. The van der Waals surface area contributed by atoms with Gasteiger partial charge in [-0.1, -0.05) is 58.7 Å². The lowest BCUT2D eigenvalue weighted by atomic mass is 10.1. The van der Waals surface area contributed by atoms with Crippen molar-refractivity contribution in [3.63, 3.8) is 0 Å². The number of carbonyl (C=O) groups is 1. The summed E-state index contributed by atoms with van der Waals surface area (Å²) in [5.41, 5.74) is 2.42. The zero-order valence-electron chi connectivity index (χ0n) is 11.2. The van der Waals surface area contributed by atoms with Crippen LogP contribution in [0.3, 0.4) is 0 Å². The van der Waals surface area contributed by atoms with E-state index in [-0.39, 0.29) is 30.0 Å². The minimum atomic E-state index is -1.48. The van der Waals surface area contributed by atoms with E-state index < -0.39 is 3.79 Å². The number of hydrogen-bond donors (Lipinski definition) is 1. The molecule has 8 heteroatoms. The lowest BCUT2D eigenvalue weighted by molar-refractivity contribution is -0.115. The topological polar surface area (TPSA) is 53.4 Å². The molecule has 2 rings (SSSR count). The smallest absolute Gasteiger partial charge is 0.243 e. The van der Waals surface area contributed by atoms with E-state index in [4.69, 9.17) is 44.9 Å². The van der Waals surface area contributed by atoms with Crippen molar-refractivity contribution in [2.24, 2.45) is 0 Å². The lowest BCUT2D eigenvalue weighted by Crippen LogP contribution is -2.29. The molecule has 0 bridgehead atoms. The molecule has 114 valence electrons. The van der Waals surface area contributed by atoms with Crippen LogP contribution in [0.5, 0.6) is 0 Å². The van der Waals surface area contributed by atoms with Crippen molar-refractivity contribution in [1.29, 1.82) is 5.41 Å². The molecule has 0 spiro atoms. The van der Waals surface area contributed by atoms with E-state index in [0.29, 0.717) is 5.69 Å². The van der Waals surface area contributed by atoms with Gasteiger partial charge in [0.1, 0.15) is 0 Å². The second kappa shape index (κ2) is 6.75. The van der Waals surface area contributed by atoms with Crippen LogP contribution in [0, 0.1) is 12.3 Å². The van der Waals surface area contributed by atoms with Crippen molar-refractivity contribution >= 4 is 63.3 Å². The molecule has 1 amide bonds. The van der Waals surface area contributed by atoms with Crippen molar-refractivity contribution in [3.8, 4) is 0 Å². The van der Waals surface area contributed by atoms with Gasteiger partial charge in [-0.2, -0.15) is 0 Å². The van der Waals surface area contributed by atoms with Gasteiger partial charge < -0.3 is 4.74 Å². The Labute approximate surface area is 142 Å². The Kier molecular flexibility index (Phi) is 5.43. The van der Waals surface area contributed by atoms with Gasteiger partial charge in [0.15, 0.2) is 5.17 Å². The summed E-state index contributed by atoms with van der Waals surface area (Å²) in [7, 11) is 0. The van der Waals surface area contributed by atoms with Crippen LogP contribution in [0.1, 0.15) is 11.1 Å². The predicted octanol–water partition coefficient (Wildman–Crippen LogP) is 3.90. The predicted molar refractivity (Wildman–Crippen MR) is 88.8 cm³/mol. The van der Waals surface area contributed by atoms with Crippen LogP contribution in [0.4, 0.5) is 5.69 Å². The number of thioether (sulfide) groups is 1. The highest BCUT2D eigenvalue weighted by atomic mass is 35.6. The lowest BCUT2D eigenvalue weighted by Gasteiger charge is -2.20. The molecule has 1 saturated heterocycles. The molecule has 1 N–H and O–H groups in total. The standard InChI is InChI=1S/C13H13Cl3N2O2S/c1-8-2-3-9(5-20-7-13(14,15)16)10(4-8)18-11(19)6-21-12(18)17/h2-4,17H,5-7H2,1H3. The molecule has 1 aliphatic rings. The molecular weight excluding hydrogens is 355 g/mol. The molecule has 1 heterocycles. The Morgan fingerprint density at radius 3 is 2.71 bits per heavy atom. The molecule has 21 heavy (non-hydrogen) atoms. The minimum absolute atomic E-state index is 0.0505. The molecule has 0 atom stereocenters. The highest BCUT2D eigenvalue weighted by Gasteiger charge is 2.30. The molecule has 1 fully saturated rings. The van der Waals surface area contributed by atoms with Gasteiger partial charge in [-0.05, 0) is 18.6 Å². The maximum atomic E-state index is 11.9. The Morgan fingerprint density at radius 2 is 2.14 bits per heavy atom. The van der Waals surface area contributed by atoms with Crippen molar-refractivity contribution in [1.82, 2.24) is 0 Å². The fourth-order valence-corrected chi connectivity index (χ4v) is 2.85. The quantitative estimate of drug-likeness (QED) is 0.821. The first-order chi connectivity index (χ1) is 9.78. The van der Waals surface area contributed by atoms with Crippen molar-refractivity contribution in [2.45, 2.75) is 17.3 Å². The molecule has 0 aliphatic carbocycles. The Balaban J connectivity index is 2.22. The van der Waals surface area contributed by atoms with Crippen LogP contribution >= 0.6 is 46.6 Å². The Morgan fingerprint density at radius 1 is 1.43 bits per heavy atom. The maximum Gasteiger partial charge on any atom is 0.243 e. The van der Waals surface area contributed by atoms with E-state index >= 15 is 0 Å². The monoisotopic (exact) mass is 366 g/mol. The van der Waals surface area contributed by atoms with Gasteiger partial charge in [0.25, 0.3) is 0 Å². The Bertz CT molecular complexity index is 559. The van der Waals surface area contributed by atoms with E-state index in [2.05, 4.69) is 0 Å². The summed E-state index contributed by atoms with van der Waals surface area (Å²) in [6.45, 7) is 2.07. The highest BCUT2D eigenvalue weighted by molar-refractivity contribution is 8.15. The van der Waals surface area contributed by atoms with Gasteiger partial charge in [0, 0.05) is 5.56 Å². The average Bonchev–Trinajstić information content (AvgIpc) is 2.69. The summed E-state index contributed by atoms with van der Waals surface area (Å²) < 4.78 is 3.91.